The first-order valence-corrected chi connectivity index (χ1v) is 3.79. The summed E-state index contributed by atoms with van der Waals surface area (Å²) >= 11 is 0. The van der Waals surface area contributed by atoms with Crippen molar-refractivity contribution in [3.05, 3.63) is 11.8 Å². The van der Waals surface area contributed by atoms with Crippen molar-refractivity contribution >= 4 is 0 Å². The second kappa shape index (κ2) is 8.11. The average Bonchev–Trinajstić information content (AvgIpc) is 2.17. The molecule has 0 fully saturated rings. The molecule has 0 spiro atoms. The lowest BCUT2D eigenvalue weighted by Crippen LogP contribution is -1.87. The molecule has 66 valence electrons. The zero-order valence-corrected chi connectivity index (χ0v) is 7.16. The van der Waals surface area contributed by atoms with Crippen LogP contribution >= 0.6 is 0 Å². The second-order valence-corrected chi connectivity index (χ2v) is 2.19. The first-order chi connectivity index (χ1) is 6.35. The van der Waals surface area contributed by atoms with Crippen molar-refractivity contribution in [3.63, 3.8) is 0 Å². The Bertz CT molecular complexity index is 287. The Hall–Kier alpha value is -1.99. The van der Waals surface area contributed by atoms with Gasteiger partial charge in [-0.3, -0.25) is 0 Å². The third-order valence-electron chi connectivity index (χ3n) is 1.21. The molecule has 13 heavy (non-hydrogen) atoms. The van der Waals surface area contributed by atoms with Gasteiger partial charge >= 0.3 is 0 Å². The van der Waals surface area contributed by atoms with Gasteiger partial charge in [0.05, 0.1) is 36.5 Å². The quantitative estimate of drug-likeness (QED) is 0.361. The minimum absolute atomic E-state index is 0.286. The van der Waals surface area contributed by atoms with Crippen LogP contribution in [0.1, 0.15) is 19.3 Å². The fraction of sp³-hybridized carbons (Fsp3) is 0.444. The van der Waals surface area contributed by atoms with Crippen molar-refractivity contribution in [1.82, 2.24) is 0 Å². The van der Waals surface area contributed by atoms with E-state index in [1.807, 2.05) is 18.2 Å². The Kier molecular flexibility index (Phi) is 6.87. The Morgan fingerprint density at radius 3 is 2.38 bits per heavy atom. The molecule has 0 aromatic heterocycles. The molecule has 0 saturated heterocycles. The topological polar surface area (TPSA) is 80.6 Å². The highest BCUT2D eigenvalue weighted by molar-refractivity contribution is 5.18. The third kappa shape index (κ3) is 6.41. The molecule has 0 aliphatic rings. The van der Waals surface area contributed by atoms with Crippen LogP contribution in [0.4, 0.5) is 0 Å². The molecule has 0 aromatic rings. The summed E-state index contributed by atoms with van der Waals surface area (Å²) in [6, 6.07) is 5.76. The van der Waals surface area contributed by atoms with Gasteiger partial charge in [0.25, 0.3) is 0 Å². The van der Waals surface area contributed by atoms with Crippen LogP contribution in [0.5, 0.6) is 0 Å². The highest BCUT2D eigenvalue weighted by Gasteiger charge is 1.94. The van der Waals surface area contributed by atoms with E-state index in [4.69, 9.17) is 20.5 Å². The van der Waals surface area contributed by atoms with E-state index in [1.54, 1.807) is 0 Å². The lowest BCUT2D eigenvalue weighted by atomic mass is 10.2. The average molecular weight is 175 g/mol. The van der Waals surface area contributed by atoms with Crippen LogP contribution in [0.2, 0.25) is 0 Å². The van der Waals surface area contributed by atoms with E-state index in [0.717, 1.165) is 0 Å². The molecule has 0 aliphatic heterocycles. The van der Waals surface area contributed by atoms with Gasteiger partial charge in [0.15, 0.2) is 0 Å². The van der Waals surface area contributed by atoms with Crippen LogP contribution < -0.4 is 0 Å². The van der Waals surface area contributed by atoms with E-state index in [9.17, 15) is 0 Å². The van der Waals surface area contributed by atoms with Gasteiger partial charge in [0.2, 0.25) is 0 Å². The summed E-state index contributed by atoms with van der Waals surface area (Å²) in [4.78, 5) is 0. The molecule has 0 heterocycles. The van der Waals surface area contributed by atoms with E-state index < -0.39 is 0 Å². The fourth-order valence-corrected chi connectivity index (χ4v) is 0.596. The largest absolute Gasteiger partial charge is 0.499 e. The van der Waals surface area contributed by atoms with Crippen LogP contribution in [-0.4, -0.2) is 6.61 Å². The Morgan fingerprint density at radius 2 is 1.85 bits per heavy atom. The lowest BCUT2D eigenvalue weighted by Gasteiger charge is -1.96. The maximum atomic E-state index is 8.54. The lowest BCUT2D eigenvalue weighted by molar-refractivity contribution is 0.255. The molecular formula is C9H9N3O. The highest BCUT2D eigenvalue weighted by atomic mass is 16.5. The van der Waals surface area contributed by atoms with E-state index in [2.05, 4.69) is 0 Å². The second-order valence-electron chi connectivity index (χ2n) is 2.19. The minimum Gasteiger partial charge on any atom is -0.499 e. The number of hydrogen-bond acceptors (Lipinski definition) is 4. The van der Waals surface area contributed by atoms with Crippen molar-refractivity contribution in [2.75, 3.05) is 6.61 Å². The van der Waals surface area contributed by atoms with Crippen LogP contribution in [0.3, 0.4) is 0 Å². The van der Waals surface area contributed by atoms with Crippen LogP contribution in [0, 0.1) is 34.0 Å². The van der Waals surface area contributed by atoms with Crippen molar-refractivity contribution in [2.24, 2.45) is 0 Å². The summed E-state index contributed by atoms with van der Waals surface area (Å²) in [6.07, 6.45) is 2.32. The predicted octanol–water partition coefficient (Wildman–Crippen LogP) is 1.63. The Balaban J connectivity index is 3.76. The van der Waals surface area contributed by atoms with Crippen LogP contribution in [0.15, 0.2) is 11.8 Å². The van der Waals surface area contributed by atoms with Gasteiger partial charge in [0.1, 0.15) is 6.61 Å². The first-order valence-electron chi connectivity index (χ1n) is 3.79. The zero-order chi connectivity index (χ0) is 9.94. The van der Waals surface area contributed by atoms with Crippen molar-refractivity contribution in [1.29, 1.82) is 15.8 Å². The molecule has 0 aliphatic carbocycles. The summed E-state index contributed by atoms with van der Waals surface area (Å²) in [5.74, 6) is 0. The molecule has 0 unspecified atom stereocenters. The predicted molar refractivity (Wildman–Crippen MR) is 44.7 cm³/mol. The molecule has 0 radical (unpaired) electrons. The SMILES string of the molecule is N#CCCO/C=C(\C#N)CCC#N. The van der Waals surface area contributed by atoms with E-state index in [-0.39, 0.29) is 6.61 Å². The molecule has 0 rings (SSSR count). The summed E-state index contributed by atoms with van der Waals surface area (Å²) in [6.45, 7) is 0.286. The summed E-state index contributed by atoms with van der Waals surface area (Å²) in [5.41, 5.74) is 0.430. The van der Waals surface area contributed by atoms with Gasteiger partial charge in [-0.1, -0.05) is 0 Å². The number of rotatable bonds is 5. The van der Waals surface area contributed by atoms with Gasteiger partial charge in [-0.2, -0.15) is 15.8 Å². The summed E-state index contributed by atoms with van der Waals surface area (Å²) in [5, 5.41) is 25.0. The number of nitriles is 3. The highest BCUT2D eigenvalue weighted by Crippen LogP contribution is 2.02. The molecule has 0 atom stereocenters. The number of hydrogen-bond donors (Lipinski definition) is 0. The standard InChI is InChI=1S/C9H9N3O/c10-4-1-3-9(7-12)8-13-6-2-5-11/h8H,1-3,6H2/b9-8-. The van der Waals surface area contributed by atoms with Crippen molar-refractivity contribution in [3.8, 4) is 18.2 Å². The van der Waals surface area contributed by atoms with Gasteiger partial charge in [-0.25, -0.2) is 0 Å². The van der Waals surface area contributed by atoms with Gasteiger partial charge in [-0.05, 0) is 6.42 Å². The summed E-state index contributed by atoms with van der Waals surface area (Å²) < 4.78 is 4.91. The van der Waals surface area contributed by atoms with Crippen LogP contribution in [-0.2, 0) is 4.74 Å². The Morgan fingerprint density at radius 1 is 1.15 bits per heavy atom. The zero-order valence-electron chi connectivity index (χ0n) is 7.16. The molecule has 0 N–H and O–H groups in total. The number of allylic oxidation sites excluding steroid dienone is 1. The molecule has 0 bridgehead atoms. The van der Waals surface area contributed by atoms with E-state index in [0.29, 0.717) is 24.8 Å². The third-order valence-corrected chi connectivity index (χ3v) is 1.21. The normalized spacial score (nSPS) is 9.46. The van der Waals surface area contributed by atoms with Gasteiger partial charge in [0, 0.05) is 6.42 Å². The molecule has 4 heteroatoms. The van der Waals surface area contributed by atoms with Crippen molar-refractivity contribution in [2.45, 2.75) is 19.3 Å². The molecule has 0 saturated carbocycles. The van der Waals surface area contributed by atoms with E-state index >= 15 is 0 Å². The molecule has 0 amide bonds. The van der Waals surface area contributed by atoms with Crippen LogP contribution in [0.25, 0.3) is 0 Å². The number of nitrogens with zero attached hydrogens (tertiary/aromatic N) is 3. The fourth-order valence-electron chi connectivity index (χ4n) is 0.596. The molecule has 0 aromatic carbocycles. The van der Waals surface area contributed by atoms with Gasteiger partial charge in [-0.15, -0.1) is 0 Å². The van der Waals surface area contributed by atoms with Crippen molar-refractivity contribution < 1.29 is 4.74 Å². The monoisotopic (exact) mass is 175 g/mol. The number of ether oxygens (including phenoxy) is 1. The maximum absolute atomic E-state index is 8.54. The first kappa shape index (κ1) is 11.0. The molecular weight excluding hydrogens is 166 g/mol. The summed E-state index contributed by atoms with van der Waals surface area (Å²) in [7, 11) is 0. The van der Waals surface area contributed by atoms with Gasteiger partial charge < -0.3 is 4.74 Å². The smallest absolute Gasteiger partial charge is 0.100 e. The minimum atomic E-state index is 0.286. The Labute approximate surface area is 77.3 Å². The molecule has 4 nitrogen and oxygen atoms in total. The van der Waals surface area contributed by atoms with E-state index in [1.165, 1.54) is 6.26 Å². The maximum Gasteiger partial charge on any atom is 0.100 e.